The third kappa shape index (κ3) is 5.03. The number of hydrogen-bond acceptors (Lipinski definition) is 6. The van der Waals surface area contributed by atoms with Crippen molar-refractivity contribution in [1.29, 1.82) is 0 Å². The highest BCUT2D eigenvalue weighted by Gasteiger charge is 2.30. The molecule has 0 saturated heterocycles. The predicted molar refractivity (Wildman–Crippen MR) is 119 cm³/mol. The molecule has 1 N–H and O–H groups in total. The smallest absolute Gasteiger partial charge is 0.265 e. The maximum Gasteiger partial charge on any atom is 0.265 e. The Bertz CT molecular complexity index is 1080. The Hall–Kier alpha value is -3.11. The molecule has 0 aromatic heterocycles. The highest BCUT2D eigenvalue weighted by molar-refractivity contribution is 7.89. The van der Waals surface area contributed by atoms with Gasteiger partial charge in [0, 0.05) is 19.6 Å². The largest absolute Gasteiger partial charge is 0.497 e. The lowest BCUT2D eigenvalue weighted by atomic mass is 10.2. The van der Waals surface area contributed by atoms with Crippen molar-refractivity contribution in [1.82, 2.24) is 9.62 Å². The fourth-order valence-electron chi connectivity index (χ4n) is 3.37. The first-order chi connectivity index (χ1) is 15.3. The molecule has 1 heterocycles. The van der Waals surface area contributed by atoms with E-state index in [1.807, 2.05) is 12.1 Å². The molecule has 9 nitrogen and oxygen atoms in total. The Morgan fingerprint density at radius 1 is 1.16 bits per heavy atom. The van der Waals surface area contributed by atoms with E-state index in [0.29, 0.717) is 24.6 Å². The van der Waals surface area contributed by atoms with Crippen LogP contribution in [-0.2, 0) is 26.2 Å². The van der Waals surface area contributed by atoms with E-state index in [9.17, 15) is 18.0 Å². The van der Waals surface area contributed by atoms with Crippen LogP contribution in [0.2, 0.25) is 0 Å². The summed E-state index contributed by atoms with van der Waals surface area (Å²) in [7, 11) is -2.15. The molecule has 2 amide bonds. The van der Waals surface area contributed by atoms with Crippen LogP contribution < -0.4 is 19.7 Å². The highest BCUT2D eigenvalue weighted by atomic mass is 32.2. The van der Waals surface area contributed by atoms with Gasteiger partial charge in [0.25, 0.3) is 5.91 Å². The second kappa shape index (κ2) is 10.0. The zero-order chi connectivity index (χ0) is 23.3. The van der Waals surface area contributed by atoms with Gasteiger partial charge in [0.2, 0.25) is 15.9 Å². The van der Waals surface area contributed by atoms with E-state index >= 15 is 0 Å². The normalized spacial score (nSPS) is 13.5. The number of fused-ring (bicyclic) bond motifs is 1. The monoisotopic (exact) mass is 461 g/mol. The molecule has 0 radical (unpaired) electrons. The minimum absolute atomic E-state index is 0.0434. The van der Waals surface area contributed by atoms with Gasteiger partial charge >= 0.3 is 0 Å². The van der Waals surface area contributed by atoms with Crippen LogP contribution in [0.15, 0.2) is 47.4 Å². The first-order valence-corrected chi connectivity index (χ1v) is 11.7. The molecule has 0 bridgehead atoms. The van der Waals surface area contributed by atoms with Gasteiger partial charge in [-0.2, -0.15) is 4.31 Å². The van der Waals surface area contributed by atoms with E-state index in [1.54, 1.807) is 33.1 Å². The van der Waals surface area contributed by atoms with E-state index in [2.05, 4.69) is 5.32 Å². The Balaban J connectivity index is 1.77. The summed E-state index contributed by atoms with van der Waals surface area (Å²) in [6, 6.07) is 11.6. The number of nitrogens with one attached hydrogen (secondary N) is 1. The van der Waals surface area contributed by atoms with Gasteiger partial charge in [0.15, 0.2) is 6.61 Å². The average Bonchev–Trinajstić information content (AvgIpc) is 2.80. The number of methoxy groups -OCH3 is 1. The van der Waals surface area contributed by atoms with Gasteiger partial charge in [-0.05, 0) is 35.9 Å². The summed E-state index contributed by atoms with van der Waals surface area (Å²) >= 11 is 0. The first-order valence-electron chi connectivity index (χ1n) is 10.3. The van der Waals surface area contributed by atoms with Gasteiger partial charge in [0.05, 0.1) is 17.7 Å². The van der Waals surface area contributed by atoms with E-state index in [-0.39, 0.29) is 36.2 Å². The van der Waals surface area contributed by atoms with Crippen LogP contribution in [0.5, 0.6) is 11.5 Å². The summed E-state index contributed by atoms with van der Waals surface area (Å²) in [5.74, 6) is 0.269. The van der Waals surface area contributed by atoms with Gasteiger partial charge in [0.1, 0.15) is 18.0 Å². The lowest BCUT2D eigenvalue weighted by Crippen LogP contribution is -2.45. The van der Waals surface area contributed by atoms with Crippen molar-refractivity contribution in [2.75, 3.05) is 38.3 Å². The molecule has 1 aliphatic rings. The summed E-state index contributed by atoms with van der Waals surface area (Å²) in [6.07, 6.45) is 0. The fraction of sp³-hybridized carbons (Fsp3) is 0.364. The summed E-state index contributed by atoms with van der Waals surface area (Å²) in [4.78, 5) is 26.3. The quantitative estimate of drug-likeness (QED) is 0.610. The number of rotatable bonds is 9. The number of anilines is 1. The van der Waals surface area contributed by atoms with Gasteiger partial charge in [-0.1, -0.05) is 26.0 Å². The second-order valence-corrected chi connectivity index (χ2v) is 9.05. The zero-order valence-electron chi connectivity index (χ0n) is 18.3. The summed E-state index contributed by atoms with van der Waals surface area (Å²) < 4.78 is 37.7. The molecule has 172 valence electrons. The zero-order valence-corrected chi connectivity index (χ0v) is 19.1. The van der Waals surface area contributed by atoms with Gasteiger partial charge in [-0.3, -0.25) is 14.5 Å². The Kier molecular flexibility index (Phi) is 7.37. The number of benzene rings is 2. The third-order valence-corrected chi connectivity index (χ3v) is 7.21. The number of carbonyl (C=O) groups is 2. The highest BCUT2D eigenvalue weighted by Crippen LogP contribution is 2.34. The van der Waals surface area contributed by atoms with Crippen molar-refractivity contribution in [3.63, 3.8) is 0 Å². The van der Waals surface area contributed by atoms with Crippen LogP contribution in [-0.4, -0.2) is 57.9 Å². The molecule has 10 heteroatoms. The predicted octanol–water partition coefficient (Wildman–Crippen LogP) is 1.77. The molecule has 3 rings (SSSR count). The molecule has 0 saturated carbocycles. The SMILES string of the molecule is CCN(CC)S(=O)(=O)c1ccc2c(c1)N(CC(=O)NCc1ccc(OC)cc1)C(=O)CO2. The molecule has 0 atom stereocenters. The maximum atomic E-state index is 12.9. The van der Waals surface area contributed by atoms with Crippen LogP contribution in [0.3, 0.4) is 0 Å². The molecule has 2 aromatic rings. The molecule has 2 aromatic carbocycles. The minimum Gasteiger partial charge on any atom is -0.497 e. The molecule has 0 spiro atoms. The van der Waals surface area contributed by atoms with Crippen molar-refractivity contribution < 1.29 is 27.5 Å². The van der Waals surface area contributed by atoms with Crippen molar-refractivity contribution in [3.8, 4) is 11.5 Å². The van der Waals surface area contributed by atoms with Gasteiger partial charge < -0.3 is 14.8 Å². The summed E-state index contributed by atoms with van der Waals surface area (Å²) in [6.45, 7) is 3.97. The molecule has 0 unspecified atom stereocenters. The molecule has 0 aliphatic carbocycles. The summed E-state index contributed by atoms with van der Waals surface area (Å²) in [5.41, 5.74) is 1.13. The van der Waals surface area contributed by atoms with E-state index in [4.69, 9.17) is 9.47 Å². The minimum atomic E-state index is -3.73. The van der Waals surface area contributed by atoms with Crippen molar-refractivity contribution in [2.24, 2.45) is 0 Å². The number of ether oxygens (including phenoxy) is 2. The van der Waals surface area contributed by atoms with Crippen LogP contribution in [0.25, 0.3) is 0 Å². The number of amides is 2. The van der Waals surface area contributed by atoms with Crippen LogP contribution in [0.4, 0.5) is 5.69 Å². The van der Waals surface area contributed by atoms with Crippen LogP contribution in [0.1, 0.15) is 19.4 Å². The molecular formula is C22H27N3O6S. The van der Waals surface area contributed by atoms with E-state index in [0.717, 1.165) is 5.56 Å². The summed E-state index contributed by atoms with van der Waals surface area (Å²) in [5, 5.41) is 2.78. The van der Waals surface area contributed by atoms with Crippen LogP contribution in [0, 0.1) is 0 Å². The number of nitrogens with zero attached hydrogens (tertiary/aromatic N) is 2. The van der Waals surface area contributed by atoms with Crippen LogP contribution >= 0.6 is 0 Å². The lowest BCUT2D eigenvalue weighted by Gasteiger charge is -2.29. The van der Waals surface area contributed by atoms with E-state index < -0.39 is 15.9 Å². The van der Waals surface area contributed by atoms with E-state index in [1.165, 1.54) is 27.4 Å². The topological polar surface area (TPSA) is 105 Å². The number of carbonyl (C=O) groups excluding carboxylic acids is 2. The molecule has 1 aliphatic heterocycles. The average molecular weight is 462 g/mol. The first kappa shape index (κ1) is 23.6. The van der Waals surface area contributed by atoms with Gasteiger partial charge in [-0.15, -0.1) is 0 Å². The van der Waals surface area contributed by atoms with Crippen molar-refractivity contribution in [3.05, 3.63) is 48.0 Å². The molecular weight excluding hydrogens is 434 g/mol. The van der Waals surface area contributed by atoms with Crippen molar-refractivity contribution in [2.45, 2.75) is 25.3 Å². The molecule has 0 fully saturated rings. The Labute approximate surface area is 188 Å². The Morgan fingerprint density at radius 2 is 1.84 bits per heavy atom. The number of sulfonamides is 1. The fourth-order valence-corrected chi connectivity index (χ4v) is 4.85. The number of hydrogen-bond donors (Lipinski definition) is 1. The second-order valence-electron chi connectivity index (χ2n) is 7.11. The standard InChI is InChI=1S/C22H27N3O6S/c1-4-24(5-2)32(28,29)18-10-11-20-19(12-18)25(22(27)15-31-20)14-21(26)23-13-16-6-8-17(30-3)9-7-16/h6-12H,4-5,13-15H2,1-3H3,(H,23,26). The maximum absolute atomic E-state index is 12.9. The van der Waals surface area contributed by atoms with Crippen molar-refractivity contribution >= 4 is 27.5 Å². The van der Waals surface area contributed by atoms with Gasteiger partial charge in [-0.25, -0.2) is 8.42 Å². The lowest BCUT2D eigenvalue weighted by molar-refractivity contribution is -0.125. The Morgan fingerprint density at radius 3 is 2.47 bits per heavy atom. The third-order valence-electron chi connectivity index (χ3n) is 5.17. The molecule has 32 heavy (non-hydrogen) atoms.